The SMILES string of the molecule is CN(c1ccc(Cl)cc1)c1nnc(C2(c3ccccc3)CC2)n1C.Cl. The van der Waals surface area contributed by atoms with Crippen LogP contribution in [-0.2, 0) is 12.5 Å². The van der Waals surface area contributed by atoms with Crippen LogP contribution in [0.3, 0.4) is 0 Å². The molecule has 25 heavy (non-hydrogen) atoms. The summed E-state index contributed by atoms with van der Waals surface area (Å²) in [5.74, 6) is 1.86. The first-order valence-electron chi connectivity index (χ1n) is 8.06. The lowest BCUT2D eigenvalue weighted by molar-refractivity contribution is 0.691. The fourth-order valence-corrected chi connectivity index (χ4v) is 3.46. The van der Waals surface area contributed by atoms with Crippen LogP contribution in [0.15, 0.2) is 54.6 Å². The molecular formula is C19H20Cl2N4. The quantitative estimate of drug-likeness (QED) is 0.661. The van der Waals surface area contributed by atoms with Gasteiger partial charge in [0.2, 0.25) is 5.95 Å². The van der Waals surface area contributed by atoms with E-state index in [0.29, 0.717) is 0 Å². The zero-order valence-electron chi connectivity index (χ0n) is 14.2. The molecule has 0 radical (unpaired) electrons. The molecule has 1 heterocycles. The fraction of sp³-hybridized carbons (Fsp3) is 0.263. The third-order valence-corrected chi connectivity index (χ3v) is 5.12. The van der Waals surface area contributed by atoms with E-state index in [2.05, 4.69) is 45.1 Å². The van der Waals surface area contributed by atoms with Crippen molar-refractivity contribution >= 4 is 35.6 Å². The normalized spacial score (nSPS) is 14.7. The summed E-state index contributed by atoms with van der Waals surface area (Å²) >= 11 is 5.98. The van der Waals surface area contributed by atoms with Gasteiger partial charge in [-0.1, -0.05) is 41.9 Å². The molecule has 2 aromatic carbocycles. The van der Waals surface area contributed by atoms with Crippen LogP contribution in [0.2, 0.25) is 5.02 Å². The Morgan fingerprint density at radius 3 is 2.24 bits per heavy atom. The Balaban J connectivity index is 0.00000182. The summed E-state index contributed by atoms with van der Waals surface area (Å²) in [7, 11) is 4.04. The summed E-state index contributed by atoms with van der Waals surface area (Å²) in [5, 5.41) is 9.72. The summed E-state index contributed by atoms with van der Waals surface area (Å²) in [6.45, 7) is 0. The maximum atomic E-state index is 5.98. The first kappa shape index (κ1) is 17.8. The molecule has 3 aromatic rings. The molecule has 6 heteroatoms. The molecular weight excluding hydrogens is 355 g/mol. The average Bonchev–Trinajstić information content (AvgIpc) is 3.33. The number of nitrogens with zero attached hydrogens (tertiary/aromatic N) is 4. The molecule has 130 valence electrons. The highest BCUT2D eigenvalue weighted by Crippen LogP contribution is 2.53. The highest BCUT2D eigenvalue weighted by Gasteiger charge is 2.50. The number of hydrogen-bond donors (Lipinski definition) is 0. The van der Waals surface area contributed by atoms with Crippen LogP contribution >= 0.6 is 24.0 Å². The van der Waals surface area contributed by atoms with E-state index in [1.807, 2.05) is 43.3 Å². The maximum absolute atomic E-state index is 5.98. The van der Waals surface area contributed by atoms with Crippen LogP contribution in [0.4, 0.5) is 11.6 Å². The van der Waals surface area contributed by atoms with Crippen LogP contribution in [0.25, 0.3) is 0 Å². The summed E-state index contributed by atoms with van der Waals surface area (Å²) in [6, 6.07) is 18.3. The topological polar surface area (TPSA) is 34.0 Å². The van der Waals surface area contributed by atoms with Gasteiger partial charge in [-0.25, -0.2) is 0 Å². The van der Waals surface area contributed by atoms with Crippen molar-refractivity contribution in [3.63, 3.8) is 0 Å². The maximum Gasteiger partial charge on any atom is 0.231 e. The van der Waals surface area contributed by atoms with Gasteiger partial charge < -0.3 is 4.90 Å². The predicted octanol–water partition coefficient (Wildman–Crippen LogP) is 4.74. The molecule has 0 bridgehead atoms. The summed E-state index contributed by atoms with van der Waals surface area (Å²) in [6.07, 6.45) is 2.24. The molecule has 0 atom stereocenters. The zero-order valence-corrected chi connectivity index (χ0v) is 15.8. The van der Waals surface area contributed by atoms with Gasteiger partial charge >= 0.3 is 0 Å². The lowest BCUT2D eigenvalue weighted by Crippen LogP contribution is -2.18. The molecule has 1 aliphatic carbocycles. The van der Waals surface area contributed by atoms with Gasteiger partial charge in [0.15, 0.2) is 0 Å². The standard InChI is InChI=1S/C19H19ClN4.ClH/c1-23(16-10-8-15(20)9-11-16)18-22-21-17(24(18)2)19(12-13-19)14-6-4-3-5-7-14;/h3-11H,12-13H2,1-2H3;1H. The van der Waals surface area contributed by atoms with Gasteiger partial charge in [0.05, 0.1) is 5.41 Å². The van der Waals surface area contributed by atoms with Crippen molar-refractivity contribution in [1.29, 1.82) is 0 Å². The smallest absolute Gasteiger partial charge is 0.231 e. The van der Waals surface area contributed by atoms with E-state index in [9.17, 15) is 0 Å². The Morgan fingerprint density at radius 2 is 1.64 bits per heavy atom. The summed E-state index contributed by atoms with van der Waals surface area (Å²) in [4.78, 5) is 2.04. The molecule has 0 spiro atoms. The second-order valence-corrected chi connectivity index (χ2v) is 6.80. The Labute approximate surface area is 158 Å². The molecule has 0 N–H and O–H groups in total. The molecule has 1 aliphatic rings. The minimum Gasteiger partial charge on any atom is -0.314 e. The monoisotopic (exact) mass is 374 g/mol. The highest BCUT2D eigenvalue weighted by atomic mass is 35.5. The zero-order chi connectivity index (χ0) is 16.7. The van der Waals surface area contributed by atoms with Gasteiger partial charge in [0.1, 0.15) is 5.82 Å². The minimum atomic E-state index is 0. The van der Waals surface area contributed by atoms with E-state index in [1.54, 1.807) is 0 Å². The Bertz CT molecular complexity index is 855. The van der Waals surface area contributed by atoms with Crippen molar-refractivity contribution in [3.05, 3.63) is 71.0 Å². The van der Waals surface area contributed by atoms with E-state index in [-0.39, 0.29) is 17.8 Å². The predicted molar refractivity (Wildman–Crippen MR) is 104 cm³/mol. The van der Waals surface area contributed by atoms with E-state index in [1.165, 1.54) is 5.56 Å². The van der Waals surface area contributed by atoms with Gasteiger partial charge in [-0.2, -0.15) is 0 Å². The Morgan fingerprint density at radius 1 is 1.00 bits per heavy atom. The van der Waals surface area contributed by atoms with Crippen LogP contribution in [0.5, 0.6) is 0 Å². The first-order valence-corrected chi connectivity index (χ1v) is 8.44. The van der Waals surface area contributed by atoms with Crippen LogP contribution < -0.4 is 4.90 Å². The Hall–Kier alpha value is -2.04. The molecule has 0 amide bonds. The van der Waals surface area contributed by atoms with E-state index in [0.717, 1.165) is 35.3 Å². The largest absolute Gasteiger partial charge is 0.314 e. The third-order valence-electron chi connectivity index (χ3n) is 4.87. The van der Waals surface area contributed by atoms with Crippen LogP contribution in [0, 0.1) is 0 Å². The van der Waals surface area contributed by atoms with Gasteiger partial charge in [0, 0.05) is 24.8 Å². The lowest BCUT2D eigenvalue weighted by atomic mass is 9.95. The molecule has 4 nitrogen and oxygen atoms in total. The number of anilines is 2. The van der Waals surface area contributed by atoms with Crippen LogP contribution in [0.1, 0.15) is 24.2 Å². The van der Waals surface area contributed by atoms with Crippen molar-refractivity contribution in [2.75, 3.05) is 11.9 Å². The second kappa shape index (κ2) is 6.70. The molecule has 0 saturated heterocycles. The van der Waals surface area contributed by atoms with Gasteiger partial charge in [0.25, 0.3) is 0 Å². The number of aromatic nitrogens is 3. The van der Waals surface area contributed by atoms with Crippen LogP contribution in [-0.4, -0.2) is 21.8 Å². The highest BCUT2D eigenvalue weighted by molar-refractivity contribution is 6.30. The molecule has 0 unspecified atom stereocenters. The van der Waals surface area contributed by atoms with Gasteiger partial charge in [-0.3, -0.25) is 4.57 Å². The number of halogens is 2. The number of rotatable bonds is 4. The van der Waals surface area contributed by atoms with Crippen molar-refractivity contribution in [2.24, 2.45) is 7.05 Å². The molecule has 1 fully saturated rings. The molecule has 4 rings (SSSR count). The molecule has 1 saturated carbocycles. The lowest BCUT2D eigenvalue weighted by Gasteiger charge is -2.20. The van der Waals surface area contributed by atoms with Crippen molar-refractivity contribution < 1.29 is 0 Å². The fourth-order valence-electron chi connectivity index (χ4n) is 3.33. The van der Waals surface area contributed by atoms with Crippen molar-refractivity contribution in [3.8, 4) is 0 Å². The van der Waals surface area contributed by atoms with E-state index in [4.69, 9.17) is 11.6 Å². The number of hydrogen-bond acceptors (Lipinski definition) is 3. The van der Waals surface area contributed by atoms with Crippen molar-refractivity contribution in [2.45, 2.75) is 18.3 Å². The van der Waals surface area contributed by atoms with Crippen molar-refractivity contribution in [1.82, 2.24) is 14.8 Å². The summed E-state index contributed by atoms with van der Waals surface area (Å²) in [5.41, 5.74) is 2.37. The molecule has 1 aromatic heterocycles. The number of benzene rings is 2. The minimum absolute atomic E-state index is 0. The molecule has 0 aliphatic heterocycles. The second-order valence-electron chi connectivity index (χ2n) is 6.37. The van der Waals surface area contributed by atoms with E-state index < -0.39 is 0 Å². The average molecular weight is 375 g/mol. The van der Waals surface area contributed by atoms with E-state index >= 15 is 0 Å². The van der Waals surface area contributed by atoms with Gasteiger partial charge in [-0.05, 0) is 42.7 Å². The Kier molecular flexibility index (Phi) is 4.76. The summed E-state index contributed by atoms with van der Waals surface area (Å²) < 4.78 is 2.11. The third kappa shape index (κ3) is 3.00. The first-order chi connectivity index (χ1) is 11.6. The van der Waals surface area contributed by atoms with Gasteiger partial charge in [-0.15, -0.1) is 22.6 Å².